The number of nitrogens with zero attached hydrogens (tertiary/aromatic N) is 5. The van der Waals surface area contributed by atoms with E-state index in [0.717, 1.165) is 16.6 Å². The molecule has 1 fully saturated rings. The number of aryl methyl sites for hydroxylation is 1. The van der Waals surface area contributed by atoms with E-state index in [-0.39, 0.29) is 18.2 Å². The van der Waals surface area contributed by atoms with E-state index in [2.05, 4.69) is 9.97 Å². The van der Waals surface area contributed by atoms with Crippen molar-refractivity contribution in [3.05, 3.63) is 66.1 Å². The summed E-state index contributed by atoms with van der Waals surface area (Å²) in [5, 5.41) is 0.894. The SMILES string of the molecule is Cn1ccnc1SCc1ccc(C(=O)N2CCN(C(=O)Cc3ccccn3)CC2)o1. The molecule has 4 heterocycles. The Morgan fingerprint density at radius 3 is 2.53 bits per heavy atom. The van der Waals surface area contributed by atoms with Crippen LogP contribution in [-0.4, -0.2) is 62.3 Å². The first-order chi connectivity index (χ1) is 14.6. The van der Waals surface area contributed by atoms with Gasteiger partial charge in [-0.1, -0.05) is 17.8 Å². The quantitative estimate of drug-likeness (QED) is 0.563. The summed E-state index contributed by atoms with van der Waals surface area (Å²) >= 11 is 1.56. The minimum Gasteiger partial charge on any atom is -0.455 e. The van der Waals surface area contributed by atoms with Gasteiger partial charge in [-0.25, -0.2) is 4.98 Å². The Morgan fingerprint density at radius 2 is 1.83 bits per heavy atom. The predicted octanol–water partition coefficient (Wildman–Crippen LogP) is 2.23. The average Bonchev–Trinajstić information content (AvgIpc) is 3.41. The zero-order valence-electron chi connectivity index (χ0n) is 16.7. The largest absolute Gasteiger partial charge is 0.455 e. The van der Waals surface area contributed by atoms with Crippen LogP contribution in [0.15, 0.2) is 58.5 Å². The summed E-state index contributed by atoms with van der Waals surface area (Å²) < 4.78 is 7.69. The Kier molecular flexibility index (Phi) is 6.18. The summed E-state index contributed by atoms with van der Waals surface area (Å²) in [6.07, 6.45) is 5.61. The van der Waals surface area contributed by atoms with E-state index < -0.39 is 0 Å². The van der Waals surface area contributed by atoms with Crippen molar-refractivity contribution in [3.63, 3.8) is 0 Å². The molecule has 3 aromatic rings. The van der Waals surface area contributed by atoms with Gasteiger partial charge >= 0.3 is 0 Å². The van der Waals surface area contributed by atoms with Gasteiger partial charge in [-0.05, 0) is 24.3 Å². The standard InChI is InChI=1S/C21H23N5O3S/c1-24-9-8-23-21(24)30-15-17-5-6-18(29-17)20(28)26-12-10-25(11-13-26)19(27)14-16-4-2-3-7-22-16/h2-9H,10-15H2,1H3. The summed E-state index contributed by atoms with van der Waals surface area (Å²) in [4.78, 5) is 37.2. The number of piperazine rings is 1. The van der Waals surface area contributed by atoms with E-state index in [1.54, 1.807) is 40.0 Å². The molecule has 1 aliphatic rings. The average molecular weight is 426 g/mol. The molecular formula is C21H23N5O3S. The number of thioether (sulfide) groups is 1. The van der Waals surface area contributed by atoms with Crippen LogP contribution in [0.2, 0.25) is 0 Å². The number of carbonyl (C=O) groups is 2. The Bertz CT molecular complexity index is 1010. The zero-order valence-corrected chi connectivity index (χ0v) is 17.5. The normalized spacial score (nSPS) is 14.2. The van der Waals surface area contributed by atoms with Gasteiger partial charge in [-0.2, -0.15) is 0 Å². The second kappa shape index (κ2) is 9.17. The van der Waals surface area contributed by atoms with Crippen molar-refractivity contribution in [2.45, 2.75) is 17.3 Å². The van der Waals surface area contributed by atoms with Crippen molar-refractivity contribution in [2.24, 2.45) is 7.05 Å². The van der Waals surface area contributed by atoms with Crippen LogP contribution in [0.25, 0.3) is 0 Å². The first-order valence-corrected chi connectivity index (χ1v) is 10.7. The van der Waals surface area contributed by atoms with E-state index in [0.29, 0.717) is 37.7 Å². The van der Waals surface area contributed by atoms with E-state index in [1.165, 1.54) is 0 Å². The zero-order chi connectivity index (χ0) is 20.9. The number of carbonyl (C=O) groups excluding carboxylic acids is 2. The van der Waals surface area contributed by atoms with Gasteiger partial charge in [0.05, 0.1) is 12.2 Å². The highest BCUT2D eigenvalue weighted by atomic mass is 32.2. The van der Waals surface area contributed by atoms with Crippen molar-refractivity contribution in [3.8, 4) is 0 Å². The first-order valence-electron chi connectivity index (χ1n) is 9.76. The molecule has 0 aliphatic carbocycles. The van der Waals surface area contributed by atoms with Gasteiger partial charge in [0, 0.05) is 57.5 Å². The van der Waals surface area contributed by atoms with Crippen LogP contribution in [0.5, 0.6) is 0 Å². The number of pyridine rings is 1. The maximum Gasteiger partial charge on any atom is 0.289 e. The Labute approximate surface area is 178 Å². The lowest BCUT2D eigenvalue weighted by Crippen LogP contribution is -2.51. The van der Waals surface area contributed by atoms with Gasteiger partial charge < -0.3 is 18.8 Å². The van der Waals surface area contributed by atoms with Gasteiger partial charge in [-0.3, -0.25) is 14.6 Å². The molecule has 0 saturated carbocycles. The third-order valence-corrected chi connectivity index (χ3v) is 6.05. The molecule has 0 N–H and O–H groups in total. The number of imidazole rings is 1. The minimum absolute atomic E-state index is 0.0346. The van der Waals surface area contributed by atoms with Crippen LogP contribution in [-0.2, 0) is 24.0 Å². The number of aromatic nitrogens is 3. The van der Waals surface area contributed by atoms with Crippen LogP contribution in [0.1, 0.15) is 22.0 Å². The molecule has 30 heavy (non-hydrogen) atoms. The molecule has 156 valence electrons. The molecule has 8 nitrogen and oxygen atoms in total. The summed E-state index contributed by atoms with van der Waals surface area (Å²) in [6, 6.07) is 9.09. The third-order valence-electron chi connectivity index (χ3n) is 4.97. The molecule has 0 atom stereocenters. The van der Waals surface area contributed by atoms with Crippen molar-refractivity contribution < 1.29 is 14.0 Å². The highest BCUT2D eigenvalue weighted by Gasteiger charge is 2.26. The highest BCUT2D eigenvalue weighted by Crippen LogP contribution is 2.22. The second-order valence-electron chi connectivity index (χ2n) is 7.05. The molecule has 9 heteroatoms. The molecule has 0 radical (unpaired) electrons. The van der Waals surface area contributed by atoms with E-state index >= 15 is 0 Å². The molecule has 4 rings (SSSR count). The number of hydrogen-bond donors (Lipinski definition) is 0. The molecule has 0 aromatic carbocycles. The van der Waals surface area contributed by atoms with Gasteiger partial charge in [0.25, 0.3) is 5.91 Å². The van der Waals surface area contributed by atoms with Crippen LogP contribution in [0, 0.1) is 0 Å². The maximum absolute atomic E-state index is 12.8. The fourth-order valence-corrected chi connectivity index (χ4v) is 4.11. The van der Waals surface area contributed by atoms with Gasteiger partial charge in [0.15, 0.2) is 10.9 Å². The smallest absolute Gasteiger partial charge is 0.289 e. The Balaban J connectivity index is 1.27. The van der Waals surface area contributed by atoms with Gasteiger partial charge in [0.1, 0.15) is 5.76 Å². The maximum atomic E-state index is 12.8. The lowest BCUT2D eigenvalue weighted by molar-refractivity contribution is -0.132. The topological polar surface area (TPSA) is 84.5 Å². The molecular weight excluding hydrogens is 402 g/mol. The summed E-state index contributed by atoms with van der Waals surface area (Å²) in [6.45, 7) is 2.01. The number of hydrogen-bond acceptors (Lipinski definition) is 6. The monoisotopic (exact) mass is 425 g/mol. The summed E-state index contributed by atoms with van der Waals surface area (Å²) in [5.74, 6) is 1.56. The Morgan fingerprint density at radius 1 is 1.03 bits per heavy atom. The fourth-order valence-electron chi connectivity index (χ4n) is 3.28. The van der Waals surface area contributed by atoms with E-state index in [1.807, 2.05) is 42.1 Å². The van der Waals surface area contributed by atoms with Crippen molar-refractivity contribution in [2.75, 3.05) is 26.2 Å². The van der Waals surface area contributed by atoms with Crippen molar-refractivity contribution in [1.82, 2.24) is 24.3 Å². The molecule has 0 spiro atoms. The molecule has 0 bridgehead atoms. The lowest BCUT2D eigenvalue weighted by Gasteiger charge is -2.34. The molecule has 2 amide bonds. The van der Waals surface area contributed by atoms with E-state index in [4.69, 9.17) is 4.42 Å². The van der Waals surface area contributed by atoms with Crippen LogP contribution in [0.4, 0.5) is 0 Å². The van der Waals surface area contributed by atoms with Crippen LogP contribution >= 0.6 is 11.8 Å². The Hall–Kier alpha value is -3.07. The van der Waals surface area contributed by atoms with Gasteiger partial charge in [-0.15, -0.1) is 0 Å². The molecule has 1 aliphatic heterocycles. The van der Waals surface area contributed by atoms with Crippen molar-refractivity contribution >= 4 is 23.6 Å². The lowest BCUT2D eigenvalue weighted by atomic mass is 10.2. The number of rotatable bonds is 6. The first kappa shape index (κ1) is 20.2. The second-order valence-corrected chi connectivity index (χ2v) is 7.99. The van der Waals surface area contributed by atoms with Crippen molar-refractivity contribution in [1.29, 1.82) is 0 Å². The molecule has 1 saturated heterocycles. The number of furan rings is 1. The third kappa shape index (κ3) is 4.73. The van der Waals surface area contributed by atoms with E-state index in [9.17, 15) is 9.59 Å². The summed E-state index contributed by atoms with van der Waals surface area (Å²) in [7, 11) is 1.94. The fraction of sp³-hybridized carbons (Fsp3) is 0.333. The number of amides is 2. The molecule has 0 unspecified atom stereocenters. The summed E-state index contributed by atoms with van der Waals surface area (Å²) in [5.41, 5.74) is 0.757. The predicted molar refractivity (Wildman–Crippen MR) is 112 cm³/mol. The van der Waals surface area contributed by atoms with Crippen LogP contribution < -0.4 is 0 Å². The molecule has 3 aromatic heterocycles. The van der Waals surface area contributed by atoms with Gasteiger partial charge in [0.2, 0.25) is 5.91 Å². The van der Waals surface area contributed by atoms with Crippen LogP contribution in [0.3, 0.4) is 0 Å². The minimum atomic E-state index is -0.139. The highest BCUT2D eigenvalue weighted by molar-refractivity contribution is 7.98.